The predicted octanol–water partition coefficient (Wildman–Crippen LogP) is 2.26. The van der Waals surface area contributed by atoms with Gasteiger partial charge in [-0.1, -0.05) is 17.3 Å². The average molecular weight is 271 g/mol. The molecular weight excluding hydrogens is 254 g/mol. The first-order valence-corrected chi connectivity index (χ1v) is 6.26. The summed E-state index contributed by atoms with van der Waals surface area (Å²) in [7, 11) is 0. The zero-order chi connectivity index (χ0) is 14.4. The maximum Gasteiger partial charge on any atom is 0.143 e. The summed E-state index contributed by atoms with van der Waals surface area (Å²) in [4.78, 5) is 4.12. The van der Waals surface area contributed by atoms with Crippen molar-refractivity contribution in [2.75, 3.05) is 0 Å². The number of amidine groups is 1. The lowest BCUT2D eigenvalue weighted by atomic mass is 10.1. The van der Waals surface area contributed by atoms with Gasteiger partial charge in [0.2, 0.25) is 0 Å². The van der Waals surface area contributed by atoms with Crippen LogP contribution in [0.5, 0.6) is 5.75 Å². The van der Waals surface area contributed by atoms with Crippen LogP contribution in [0.4, 0.5) is 0 Å². The van der Waals surface area contributed by atoms with Crippen LogP contribution in [-0.4, -0.2) is 16.0 Å². The second-order valence-corrected chi connectivity index (χ2v) is 4.57. The lowest BCUT2D eigenvalue weighted by molar-refractivity contribution is 0.305. The molecule has 0 spiro atoms. The number of aromatic nitrogens is 1. The maximum atomic E-state index is 8.52. The number of ether oxygens (including phenoxy) is 1. The van der Waals surface area contributed by atoms with E-state index in [1.54, 1.807) is 6.20 Å². The molecule has 0 amide bonds. The summed E-state index contributed by atoms with van der Waals surface area (Å²) in [6, 6.07) is 9.55. The van der Waals surface area contributed by atoms with Gasteiger partial charge in [0.05, 0.1) is 0 Å². The lowest BCUT2D eigenvalue weighted by Crippen LogP contribution is -2.14. The van der Waals surface area contributed by atoms with Crippen LogP contribution in [0, 0.1) is 6.92 Å². The van der Waals surface area contributed by atoms with Gasteiger partial charge in [-0.15, -0.1) is 0 Å². The Hall–Kier alpha value is -2.56. The molecule has 0 fully saturated rings. The van der Waals surface area contributed by atoms with Crippen molar-refractivity contribution in [2.45, 2.75) is 20.0 Å². The SMILES string of the molecule is Cc1cncc(COc2ccc(C/C(N)=N/O)cc2)c1. The summed E-state index contributed by atoms with van der Waals surface area (Å²) < 4.78 is 5.68. The molecule has 1 aromatic carbocycles. The Labute approximate surface area is 117 Å². The monoisotopic (exact) mass is 271 g/mol. The molecule has 3 N–H and O–H groups in total. The number of aryl methyl sites for hydroxylation is 1. The highest BCUT2D eigenvalue weighted by Crippen LogP contribution is 2.14. The summed E-state index contributed by atoms with van der Waals surface area (Å²) in [6.07, 6.45) is 4.02. The van der Waals surface area contributed by atoms with Gasteiger partial charge in [-0.3, -0.25) is 4.98 Å². The van der Waals surface area contributed by atoms with Crippen LogP contribution in [0.15, 0.2) is 47.9 Å². The molecule has 2 rings (SSSR count). The third kappa shape index (κ3) is 3.98. The fourth-order valence-electron chi connectivity index (χ4n) is 1.81. The Kier molecular flexibility index (Phi) is 4.55. The normalized spacial score (nSPS) is 11.3. The molecule has 0 aliphatic carbocycles. The van der Waals surface area contributed by atoms with Crippen molar-refractivity contribution in [1.82, 2.24) is 4.98 Å². The van der Waals surface area contributed by atoms with Crippen molar-refractivity contribution >= 4 is 5.84 Å². The molecule has 0 bridgehead atoms. The fourth-order valence-corrected chi connectivity index (χ4v) is 1.81. The molecule has 1 aromatic heterocycles. The van der Waals surface area contributed by atoms with Gasteiger partial charge in [-0.05, 0) is 36.2 Å². The molecular formula is C15H17N3O2. The van der Waals surface area contributed by atoms with E-state index in [0.717, 1.165) is 22.4 Å². The van der Waals surface area contributed by atoms with E-state index in [0.29, 0.717) is 13.0 Å². The summed E-state index contributed by atoms with van der Waals surface area (Å²) >= 11 is 0. The molecule has 1 heterocycles. The molecule has 0 saturated heterocycles. The molecule has 0 radical (unpaired) electrons. The Morgan fingerprint density at radius 3 is 2.65 bits per heavy atom. The minimum Gasteiger partial charge on any atom is -0.489 e. The Morgan fingerprint density at radius 1 is 1.25 bits per heavy atom. The number of hydrogen-bond acceptors (Lipinski definition) is 4. The number of hydrogen-bond donors (Lipinski definition) is 2. The van der Waals surface area contributed by atoms with Crippen LogP contribution in [0.2, 0.25) is 0 Å². The number of benzene rings is 1. The third-order valence-electron chi connectivity index (χ3n) is 2.77. The lowest BCUT2D eigenvalue weighted by Gasteiger charge is -2.07. The van der Waals surface area contributed by atoms with Crippen molar-refractivity contribution < 1.29 is 9.94 Å². The zero-order valence-electron chi connectivity index (χ0n) is 11.3. The molecule has 20 heavy (non-hydrogen) atoms. The van der Waals surface area contributed by atoms with Crippen molar-refractivity contribution in [3.8, 4) is 5.75 Å². The molecule has 0 aliphatic heterocycles. The van der Waals surface area contributed by atoms with E-state index >= 15 is 0 Å². The van der Waals surface area contributed by atoms with Crippen LogP contribution in [0.1, 0.15) is 16.7 Å². The van der Waals surface area contributed by atoms with Crippen molar-refractivity contribution in [1.29, 1.82) is 0 Å². The average Bonchev–Trinajstić information content (AvgIpc) is 2.46. The van der Waals surface area contributed by atoms with E-state index < -0.39 is 0 Å². The van der Waals surface area contributed by atoms with Gasteiger partial charge in [0.25, 0.3) is 0 Å². The number of oxime groups is 1. The van der Waals surface area contributed by atoms with Crippen molar-refractivity contribution in [3.05, 3.63) is 59.4 Å². The van der Waals surface area contributed by atoms with Crippen LogP contribution in [-0.2, 0) is 13.0 Å². The van der Waals surface area contributed by atoms with E-state index in [2.05, 4.69) is 10.1 Å². The van der Waals surface area contributed by atoms with Crippen LogP contribution >= 0.6 is 0 Å². The van der Waals surface area contributed by atoms with Crippen LogP contribution < -0.4 is 10.5 Å². The molecule has 0 atom stereocenters. The van der Waals surface area contributed by atoms with E-state index in [1.807, 2.05) is 43.5 Å². The highest BCUT2D eigenvalue weighted by Gasteiger charge is 2.00. The number of nitrogens with two attached hydrogens (primary N) is 1. The molecule has 5 nitrogen and oxygen atoms in total. The Morgan fingerprint density at radius 2 is 2.00 bits per heavy atom. The van der Waals surface area contributed by atoms with Crippen molar-refractivity contribution in [2.24, 2.45) is 10.9 Å². The van der Waals surface area contributed by atoms with Crippen molar-refractivity contribution in [3.63, 3.8) is 0 Å². The molecule has 0 unspecified atom stereocenters. The molecule has 5 heteroatoms. The first-order valence-electron chi connectivity index (χ1n) is 6.26. The van der Waals surface area contributed by atoms with E-state index in [-0.39, 0.29) is 5.84 Å². The summed E-state index contributed by atoms with van der Waals surface area (Å²) in [6.45, 7) is 2.48. The topological polar surface area (TPSA) is 80.7 Å². The van der Waals surface area contributed by atoms with E-state index in [4.69, 9.17) is 15.7 Å². The maximum absolute atomic E-state index is 8.52. The minimum atomic E-state index is 0.185. The number of nitrogens with zero attached hydrogens (tertiary/aromatic N) is 2. The predicted molar refractivity (Wildman–Crippen MR) is 76.9 cm³/mol. The summed E-state index contributed by atoms with van der Waals surface area (Å²) in [5.74, 6) is 0.958. The molecule has 2 aromatic rings. The first kappa shape index (κ1) is 13.9. The van der Waals surface area contributed by atoms with Gasteiger partial charge in [0, 0.05) is 24.4 Å². The van der Waals surface area contributed by atoms with Gasteiger partial charge in [-0.25, -0.2) is 0 Å². The molecule has 104 valence electrons. The van der Waals surface area contributed by atoms with Gasteiger partial charge in [-0.2, -0.15) is 0 Å². The van der Waals surface area contributed by atoms with Gasteiger partial charge in [0.15, 0.2) is 0 Å². The molecule has 0 aliphatic rings. The largest absolute Gasteiger partial charge is 0.489 e. The Balaban J connectivity index is 1.94. The zero-order valence-corrected chi connectivity index (χ0v) is 11.3. The standard InChI is InChI=1S/C15H17N3O2/c1-11-6-13(9-17-8-11)10-20-14-4-2-12(3-5-14)7-15(16)18-19/h2-6,8-9,19H,7,10H2,1H3,(H2,16,18). The number of rotatable bonds is 5. The summed E-state index contributed by atoms with van der Waals surface area (Å²) in [5.41, 5.74) is 8.56. The van der Waals surface area contributed by atoms with Gasteiger partial charge in [0.1, 0.15) is 18.2 Å². The highest BCUT2D eigenvalue weighted by molar-refractivity contribution is 5.82. The minimum absolute atomic E-state index is 0.185. The van der Waals surface area contributed by atoms with Crippen LogP contribution in [0.3, 0.4) is 0 Å². The van der Waals surface area contributed by atoms with E-state index in [9.17, 15) is 0 Å². The smallest absolute Gasteiger partial charge is 0.143 e. The first-order chi connectivity index (χ1) is 9.67. The second kappa shape index (κ2) is 6.56. The van der Waals surface area contributed by atoms with E-state index in [1.165, 1.54) is 0 Å². The fraction of sp³-hybridized carbons (Fsp3) is 0.200. The summed E-state index contributed by atoms with van der Waals surface area (Å²) in [5, 5.41) is 11.5. The third-order valence-corrected chi connectivity index (χ3v) is 2.77. The van der Waals surface area contributed by atoms with Gasteiger partial charge >= 0.3 is 0 Å². The number of pyridine rings is 1. The highest BCUT2D eigenvalue weighted by atomic mass is 16.5. The molecule has 0 saturated carbocycles. The Bertz CT molecular complexity index is 594. The quantitative estimate of drug-likeness (QED) is 0.378. The van der Waals surface area contributed by atoms with Crippen LogP contribution in [0.25, 0.3) is 0 Å². The second-order valence-electron chi connectivity index (χ2n) is 4.57. The van der Waals surface area contributed by atoms with Gasteiger partial charge < -0.3 is 15.7 Å².